The molecule has 1 aliphatic rings. The largest absolute Gasteiger partial charge is 0.493 e. The average molecular weight is 279 g/mol. The fraction of sp³-hybridized carbons (Fsp3) is 0.533. The number of carbonyl (C=O) groups is 1. The van der Waals surface area contributed by atoms with Gasteiger partial charge in [0.2, 0.25) is 0 Å². The van der Waals surface area contributed by atoms with Gasteiger partial charge in [-0.15, -0.1) is 0 Å². The maximum absolute atomic E-state index is 12.2. The number of ether oxygens (including phenoxy) is 3. The van der Waals surface area contributed by atoms with Crippen molar-refractivity contribution in [2.24, 2.45) is 0 Å². The lowest BCUT2D eigenvalue weighted by molar-refractivity contribution is -0.00278. The average Bonchev–Trinajstić information content (AvgIpc) is 2.82. The van der Waals surface area contributed by atoms with Gasteiger partial charge in [-0.25, -0.2) is 4.79 Å². The first-order chi connectivity index (χ1) is 9.61. The fourth-order valence-corrected chi connectivity index (χ4v) is 2.29. The summed E-state index contributed by atoms with van der Waals surface area (Å²) in [5.41, 5.74) is 6.50. The van der Waals surface area contributed by atoms with Gasteiger partial charge in [0.05, 0.1) is 18.8 Å². The van der Waals surface area contributed by atoms with Crippen LogP contribution in [0.4, 0.5) is 5.69 Å². The van der Waals surface area contributed by atoms with E-state index in [1.165, 1.54) is 0 Å². The summed E-state index contributed by atoms with van der Waals surface area (Å²) in [6.07, 6.45) is 2.13. The van der Waals surface area contributed by atoms with E-state index >= 15 is 0 Å². The molecule has 2 atom stereocenters. The van der Waals surface area contributed by atoms with Crippen molar-refractivity contribution in [3.05, 3.63) is 23.8 Å². The second-order valence-electron chi connectivity index (χ2n) is 4.90. The molecular formula is C15H21NO4. The Labute approximate surface area is 119 Å². The zero-order valence-corrected chi connectivity index (χ0v) is 11.9. The molecule has 0 bridgehead atoms. The van der Waals surface area contributed by atoms with Crippen molar-refractivity contribution in [3.63, 3.8) is 0 Å². The molecule has 5 nitrogen and oxygen atoms in total. The van der Waals surface area contributed by atoms with Crippen LogP contribution >= 0.6 is 0 Å². The summed E-state index contributed by atoms with van der Waals surface area (Å²) in [6.45, 7) is 4.59. The monoisotopic (exact) mass is 279 g/mol. The summed E-state index contributed by atoms with van der Waals surface area (Å²) in [4.78, 5) is 12.2. The first-order valence-electron chi connectivity index (χ1n) is 6.95. The predicted molar refractivity (Wildman–Crippen MR) is 75.9 cm³/mol. The predicted octanol–water partition coefficient (Wildman–Crippen LogP) is 2.39. The zero-order chi connectivity index (χ0) is 14.5. The van der Waals surface area contributed by atoms with Crippen LogP contribution in [0.1, 0.15) is 37.0 Å². The summed E-state index contributed by atoms with van der Waals surface area (Å²) < 4.78 is 16.3. The Kier molecular flexibility index (Phi) is 4.84. The van der Waals surface area contributed by atoms with Crippen molar-refractivity contribution in [2.75, 3.05) is 18.9 Å². The van der Waals surface area contributed by atoms with Gasteiger partial charge in [-0.1, -0.05) is 6.07 Å². The van der Waals surface area contributed by atoms with E-state index in [1.807, 2.05) is 13.8 Å². The van der Waals surface area contributed by atoms with E-state index in [1.54, 1.807) is 18.2 Å². The molecule has 0 spiro atoms. The molecular weight excluding hydrogens is 258 g/mol. The molecule has 1 aliphatic heterocycles. The minimum absolute atomic E-state index is 0.0190. The third-order valence-electron chi connectivity index (χ3n) is 3.28. The second-order valence-corrected chi connectivity index (χ2v) is 4.90. The molecule has 0 radical (unpaired) electrons. The highest BCUT2D eigenvalue weighted by Crippen LogP contribution is 2.26. The molecule has 0 aromatic heterocycles. The number of hydrogen-bond donors (Lipinski definition) is 1. The molecule has 1 saturated heterocycles. The minimum atomic E-state index is -0.463. The molecule has 0 amide bonds. The number of carbonyl (C=O) groups excluding carboxylic acids is 1. The van der Waals surface area contributed by atoms with Gasteiger partial charge >= 0.3 is 5.97 Å². The van der Waals surface area contributed by atoms with E-state index in [2.05, 4.69) is 0 Å². The molecule has 1 aromatic carbocycles. The van der Waals surface area contributed by atoms with Crippen LogP contribution in [0.15, 0.2) is 18.2 Å². The van der Waals surface area contributed by atoms with Crippen molar-refractivity contribution >= 4 is 11.7 Å². The second kappa shape index (κ2) is 6.61. The van der Waals surface area contributed by atoms with E-state index in [4.69, 9.17) is 19.9 Å². The highest BCUT2D eigenvalue weighted by atomic mass is 16.6. The third kappa shape index (κ3) is 3.42. The number of hydrogen-bond acceptors (Lipinski definition) is 5. The fourth-order valence-electron chi connectivity index (χ4n) is 2.29. The van der Waals surface area contributed by atoms with Crippen LogP contribution in [0, 0.1) is 0 Å². The highest BCUT2D eigenvalue weighted by Gasteiger charge is 2.24. The summed E-state index contributed by atoms with van der Waals surface area (Å²) in [5.74, 6) is -0.00656. The molecule has 1 fully saturated rings. The Morgan fingerprint density at radius 3 is 2.90 bits per heavy atom. The molecule has 2 N–H and O–H groups in total. The molecule has 20 heavy (non-hydrogen) atoms. The van der Waals surface area contributed by atoms with Crippen molar-refractivity contribution < 1.29 is 19.0 Å². The van der Waals surface area contributed by atoms with Crippen LogP contribution < -0.4 is 10.5 Å². The number of nitrogens with two attached hydrogens (primary N) is 1. The molecule has 0 saturated carbocycles. The summed E-state index contributed by atoms with van der Waals surface area (Å²) in [7, 11) is 0. The Bertz CT molecular complexity index is 475. The summed E-state index contributed by atoms with van der Waals surface area (Å²) in [6, 6.07) is 5.12. The lowest BCUT2D eigenvalue weighted by atomic mass is 10.1. The van der Waals surface area contributed by atoms with Gasteiger partial charge in [0.1, 0.15) is 17.9 Å². The normalized spacial score (nSPS) is 21.7. The van der Waals surface area contributed by atoms with Crippen molar-refractivity contribution in [1.82, 2.24) is 0 Å². The number of rotatable bonds is 5. The zero-order valence-electron chi connectivity index (χ0n) is 11.9. The van der Waals surface area contributed by atoms with Gasteiger partial charge in [0.15, 0.2) is 0 Å². The van der Waals surface area contributed by atoms with Gasteiger partial charge in [-0.3, -0.25) is 0 Å². The van der Waals surface area contributed by atoms with Gasteiger partial charge < -0.3 is 19.9 Å². The number of benzene rings is 1. The SMILES string of the molecule is CCOc1cccc(N)c1C(=O)OCC1CCC(C)O1. The molecule has 1 aromatic rings. The maximum Gasteiger partial charge on any atom is 0.344 e. The number of esters is 1. The molecule has 2 rings (SSSR count). The molecule has 5 heteroatoms. The van der Waals surface area contributed by atoms with Crippen LogP contribution in [0.3, 0.4) is 0 Å². The van der Waals surface area contributed by atoms with E-state index in [0.717, 1.165) is 12.8 Å². The first kappa shape index (κ1) is 14.7. The minimum Gasteiger partial charge on any atom is -0.493 e. The van der Waals surface area contributed by atoms with Crippen molar-refractivity contribution in [2.45, 2.75) is 38.9 Å². The maximum atomic E-state index is 12.2. The van der Waals surface area contributed by atoms with E-state index in [0.29, 0.717) is 23.6 Å². The Hall–Kier alpha value is -1.75. The lowest BCUT2D eigenvalue weighted by Crippen LogP contribution is -2.20. The van der Waals surface area contributed by atoms with Crippen LogP contribution in [0.2, 0.25) is 0 Å². The quantitative estimate of drug-likeness (QED) is 0.662. The third-order valence-corrected chi connectivity index (χ3v) is 3.28. The number of nitrogen functional groups attached to an aromatic ring is 1. The number of anilines is 1. The van der Waals surface area contributed by atoms with E-state index in [9.17, 15) is 4.79 Å². The standard InChI is InChI=1S/C15H21NO4/c1-3-18-13-6-4-5-12(16)14(13)15(17)19-9-11-8-7-10(2)20-11/h4-6,10-11H,3,7-9,16H2,1-2H3. The van der Waals surface area contributed by atoms with Crippen LogP contribution in [0.25, 0.3) is 0 Å². The van der Waals surface area contributed by atoms with Crippen LogP contribution in [-0.2, 0) is 9.47 Å². The molecule has 0 aliphatic carbocycles. The molecule has 110 valence electrons. The van der Waals surface area contributed by atoms with Gasteiger partial charge in [-0.2, -0.15) is 0 Å². The molecule has 1 heterocycles. The Morgan fingerprint density at radius 1 is 1.45 bits per heavy atom. The van der Waals surface area contributed by atoms with Crippen molar-refractivity contribution in [1.29, 1.82) is 0 Å². The van der Waals surface area contributed by atoms with Crippen LogP contribution in [0.5, 0.6) is 5.75 Å². The van der Waals surface area contributed by atoms with Crippen molar-refractivity contribution in [3.8, 4) is 5.75 Å². The van der Waals surface area contributed by atoms with E-state index < -0.39 is 5.97 Å². The summed E-state index contributed by atoms with van der Waals surface area (Å²) in [5, 5.41) is 0. The topological polar surface area (TPSA) is 70.8 Å². The smallest absolute Gasteiger partial charge is 0.344 e. The lowest BCUT2D eigenvalue weighted by Gasteiger charge is -2.14. The summed E-state index contributed by atoms with van der Waals surface area (Å²) >= 11 is 0. The van der Waals surface area contributed by atoms with Crippen LogP contribution in [-0.4, -0.2) is 31.4 Å². The van der Waals surface area contributed by atoms with Gasteiger partial charge in [0.25, 0.3) is 0 Å². The Morgan fingerprint density at radius 2 is 2.25 bits per heavy atom. The van der Waals surface area contributed by atoms with E-state index in [-0.39, 0.29) is 18.8 Å². The first-order valence-corrected chi connectivity index (χ1v) is 6.95. The van der Waals surface area contributed by atoms with Gasteiger partial charge in [-0.05, 0) is 38.8 Å². The Balaban J connectivity index is 2.01. The van der Waals surface area contributed by atoms with Gasteiger partial charge in [0, 0.05) is 5.69 Å². The molecule has 2 unspecified atom stereocenters. The highest BCUT2D eigenvalue weighted by molar-refractivity contribution is 5.98.